The topological polar surface area (TPSA) is 143 Å². The van der Waals surface area contributed by atoms with E-state index in [4.69, 9.17) is 17.3 Å². The summed E-state index contributed by atoms with van der Waals surface area (Å²) in [5.74, 6) is -0.457. The first-order chi connectivity index (χ1) is 9.52. The van der Waals surface area contributed by atoms with Crippen LogP contribution in [0.2, 0.25) is 5.15 Å². The van der Waals surface area contributed by atoms with Crippen molar-refractivity contribution in [1.29, 1.82) is 0 Å². The fourth-order valence-corrected chi connectivity index (χ4v) is 2.77. The van der Waals surface area contributed by atoms with E-state index in [1.807, 2.05) is 0 Å². The normalized spacial score (nSPS) is 30.2. The number of nitrogen functional groups attached to an aromatic ring is 1. The molecular weight excluding hydrogens is 288 g/mol. The average Bonchev–Trinajstić information content (AvgIpc) is 2.93. The molecule has 9 nitrogen and oxygen atoms in total. The van der Waals surface area contributed by atoms with Crippen LogP contribution in [0.15, 0.2) is 0 Å². The Morgan fingerprint density at radius 3 is 2.70 bits per heavy atom. The highest BCUT2D eigenvalue weighted by atomic mass is 35.5. The molecule has 0 saturated heterocycles. The van der Waals surface area contributed by atoms with Gasteiger partial charge in [-0.05, 0) is 6.42 Å². The minimum Gasteiger partial charge on any atom is -0.396 e. The summed E-state index contributed by atoms with van der Waals surface area (Å²) in [6, 6.07) is -0.558. The molecule has 0 amide bonds. The van der Waals surface area contributed by atoms with E-state index in [2.05, 4.69) is 20.3 Å². The predicted molar refractivity (Wildman–Crippen MR) is 68.8 cm³/mol. The van der Waals surface area contributed by atoms with Gasteiger partial charge in [-0.25, -0.2) is 4.68 Å². The first-order valence-electron chi connectivity index (χ1n) is 6.03. The third-order valence-electron chi connectivity index (χ3n) is 3.62. The van der Waals surface area contributed by atoms with Crippen molar-refractivity contribution < 1.29 is 15.3 Å². The lowest BCUT2D eigenvalue weighted by molar-refractivity contribution is -0.00511. The summed E-state index contributed by atoms with van der Waals surface area (Å²) < 4.78 is 1.36. The Bertz CT molecular complexity index is 649. The summed E-state index contributed by atoms with van der Waals surface area (Å²) in [5, 5.41) is 37.0. The highest BCUT2D eigenvalue weighted by molar-refractivity contribution is 6.33. The maximum atomic E-state index is 10.1. The molecule has 108 valence electrons. The van der Waals surface area contributed by atoms with E-state index < -0.39 is 24.2 Å². The number of fused-ring (bicyclic) bond motifs is 1. The number of halogens is 1. The van der Waals surface area contributed by atoms with Gasteiger partial charge in [-0.15, -0.1) is 5.10 Å². The van der Waals surface area contributed by atoms with Crippen LogP contribution in [0.1, 0.15) is 12.5 Å². The Labute approximate surface area is 118 Å². The van der Waals surface area contributed by atoms with Crippen molar-refractivity contribution in [2.24, 2.45) is 5.92 Å². The highest BCUT2D eigenvalue weighted by Gasteiger charge is 2.43. The summed E-state index contributed by atoms with van der Waals surface area (Å²) in [7, 11) is 0. The molecule has 10 heteroatoms. The molecule has 1 fully saturated rings. The summed E-state index contributed by atoms with van der Waals surface area (Å²) in [6.45, 7) is -0.223. The van der Waals surface area contributed by atoms with E-state index in [1.54, 1.807) is 0 Å². The monoisotopic (exact) mass is 300 g/mol. The number of aliphatic hydroxyl groups excluding tert-OH is 3. The summed E-state index contributed by atoms with van der Waals surface area (Å²) >= 11 is 5.90. The van der Waals surface area contributed by atoms with E-state index >= 15 is 0 Å². The SMILES string of the molecule is Nc1nc(Cl)c2nnn([C@@H]3C[C@H](CO)[C@@H](O)[C@H]3O)c2n1. The van der Waals surface area contributed by atoms with Gasteiger partial charge in [0.2, 0.25) is 5.95 Å². The summed E-state index contributed by atoms with van der Waals surface area (Å²) in [5.41, 5.74) is 6.10. The third-order valence-corrected chi connectivity index (χ3v) is 3.88. The minimum atomic E-state index is -1.08. The lowest BCUT2D eigenvalue weighted by Gasteiger charge is -2.16. The molecule has 20 heavy (non-hydrogen) atoms. The zero-order valence-corrected chi connectivity index (χ0v) is 11.0. The van der Waals surface area contributed by atoms with Gasteiger partial charge in [0.15, 0.2) is 16.3 Å². The standard InChI is InChI=1S/C10H13ClN6O3/c11-8-5-9(14-10(12)13-8)17(16-15-5)4-1-3(2-18)6(19)7(4)20/h3-4,6-7,18-20H,1-2H2,(H2,12,13,14)/t3-,4-,6-,7+/m1/s1. The average molecular weight is 301 g/mol. The molecule has 0 radical (unpaired) electrons. The zero-order chi connectivity index (χ0) is 14.4. The van der Waals surface area contributed by atoms with Crippen LogP contribution in [0.25, 0.3) is 11.2 Å². The van der Waals surface area contributed by atoms with Gasteiger partial charge in [0.05, 0.1) is 12.1 Å². The van der Waals surface area contributed by atoms with Crippen molar-refractivity contribution in [3.05, 3.63) is 5.15 Å². The van der Waals surface area contributed by atoms with Crippen molar-refractivity contribution in [3.63, 3.8) is 0 Å². The molecule has 0 spiro atoms. The highest BCUT2D eigenvalue weighted by Crippen LogP contribution is 2.36. The van der Waals surface area contributed by atoms with E-state index in [0.717, 1.165) is 0 Å². The number of aromatic nitrogens is 5. The Kier molecular flexibility index (Phi) is 3.21. The fourth-order valence-electron chi connectivity index (χ4n) is 2.56. The van der Waals surface area contributed by atoms with Gasteiger partial charge in [0, 0.05) is 12.5 Å². The molecular formula is C10H13ClN6O3. The van der Waals surface area contributed by atoms with Crippen molar-refractivity contribution in [2.45, 2.75) is 24.7 Å². The fraction of sp³-hybridized carbons (Fsp3) is 0.600. The lowest BCUT2D eigenvalue weighted by atomic mass is 10.1. The second-order valence-corrected chi connectivity index (χ2v) is 5.16. The Morgan fingerprint density at radius 2 is 2.05 bits per heavy atom. The first kappa shape index (κ1) is 13.4. The Hall–Kier alpha value is -1.55. The molecule has 2 heterocycles. The number of nitrogens with zero attached hydrogens (tertiary/aromatic N) is 5. The molecule has 5 N–H and O–H groups in total. The largest absolute Gasteiger partial charge is 0.396 e. The maximum Gasteiger partial charge on any atom is 0.223 e. The number of nitrogens with two attached hydrogens (primary N) is 1. The molecule has 0 aromatic carbocycles. The van der Waals surface area contributed by atoms with Crippen molar-refractivity contribution in [2.75, 3.05) is 12.3 Å². The second-order valence-electron chi connectivity index (χ2n) is 4.81. The van der Waals surface area contributed by atoms with E-state index in [0.29, 0.717) is 6.42 Å². The van der Waals surface area contributed by atoms with Crippen molar-refractivity contribution in [1.82, 2.24) is 25.0 Å². The first-order valence-corrected chi connectivity index (χ1v) is 6.41. The van der Waals surface area contributed by atoms with Crippen LogP contribution in [-0.2, 0) is 0 Å². The third kappa shape index (κ3) is 1.90. The molecule has 3 rings (SSSR count). The van der Waals surface area contributed by atoms with Gasteiger partial charge in [-0.1, -0.05) is 16.8 Å². The van der Waals surface area contributed by atoms with E-state index in [-0.39, 0.29) is 28.9 Å². The minimum absolute atomic E-state index is 0.0298. The molecule has 0 aliphatic heterocycles. The number of rotatable bonds is 2. The Morgan fingerprint density at radius 1 is 1.30 bits per heavy atom. The number of aliphatic hydroxyl groups is 3. The number of anilines is 1. The maximum absolute atomic E-state index is 10.1. The molecule has 2 aromatic heterocycles. The summed E-state index contributed by atoms with van der Waals surface area (Å²) in [6.07, 6.45) is -1.76. The molecule has 4 atom stereocenters. The molecule has 2 aromatic rings. The smallest absolute Gasteiger partial charge is 0.223 e. The van der Waals surface area contributed by atoms with E-state index in [1.165, 1.54) is 4.68 Å². The van der Waals surface area contributed by atoms with Crippen molar-refractivity contribution >= 4 is 28.7 Å². The van der Waals surface area contributed by atoms with Gasteiger partial charge in [-0.2, -0.15) is 9.97 Å². The lowest BCUT2D eigenvalue weighted by Crippen LogP contribution is -2.30. The van der Waals surface area contributed by atoms with Crippen LogP contribution in [-0.4, -0.2) is 59.1 Å². The Balaban J connectivity index is 2.07. The molecule has 1 saturated carbocycles. The van der Waals surface area contributed by atoms with Gasteiger partial charge < -0.3 is 21.1 Å². The van der Waals surface area contributed by atoms with Crippen LogP contribution < -0.4 is 5.73 Å². The molecule has 0 unspecified atom stereocenters. The number of hydrogen-bond acceptors (Lipinski definition) is 8. The predicted octanol–water partition coefficient (Wildman–Crippen LogP) is -1.27. The molecule has 1 aliphatic carbocycles. The van der Waals surface area contributed by atoms with Gasteiger partial charge in [0.1, 0.15) is 6.10 Å². The van der Waals surface area contributed by atoms with Crippen LogP contribution in [0.5, 0.6) is 0 Å². The summed E-state index contributed by atoms with van der Waals surface area (Å²) in [4.78, 5) is 7.79. The van der Waals surface area contributed by atoms with Gasteiger partial charge in [0.25, 0.3) is 0 Å². The van der Waals surface area contributed by atoms with Gasteiger partial charge >= 0.3 is 0 Å². The van der Waals surface area contributed by atoms with E-state index in [9.17, 15) is 15.3 Å². The van der Waals surface area contributed by atoms with Crippen LogP contribution >= 0.6 is 11.6 Å². The van der Waals surface area contributed by atoms with Crippen LogP contribution in [0.3, 0.4) is 0 Å². The molecule has 0 bridgehead atoms. The van der Waals surface area contributed by atoms with Crippen LogP contribution in [0, 0.1) is 5.92 Å². The van der Waals surface area contributed by atoms with Crippen LogP contribution in [0.4, 0.5) is 5.95 Å². The molecule has 1 aliphatic rings. The van der Waals surface area contributed by atoms with Crippen molar-refractivity contribution in [3.8, 4) is 0 Å². The second kappa shape index (κ2) is 4.77. The quantitative estimate of drug-likeness (QED) is 0.503. The zero-order valence-electron chi connectivity index (χ0n) is 10.3. The van der Waals surface area contributed by atoms with Gasteiger partial charge in [-0.3, -0.25) is 0 Å². The number of hydrogen-bond donors (Lipinski definition) is 4.